The van der Waals surface area contributed by atoms with Crippen LogP contribution in [0.15, 0.2) is 24.3 Å². The van der Waals surface area contributed by atoms with E-state index in [9.17, 15) is 4.79 Å². The Bertz CT molecular complexity index is 398. The lowest BCUT2D eigenvalue weighted by Crippen LogP contribution is -2.29. The van der Waals surface area contributed by atoms with Gasteiger partial charge in [0.15, 0.2) is 0 Å². The number of anilines is 1. The summed E-state index contributed by atoms with van der Waals surface area (Å²) >= 11 is 5.88. The van der Waals surface area contributed by atoms with Crippen LogP contribution in [0.25, 0.3) is 0 Å². The van der Waals surface area contributed by atoms with Crippen LogP contribution in [0.3, 0.4) is 0 Å². The number of hydrogen-bond acceptors (Lipinski definition) is 1. The minimum absolute atomic E-state index is 0.273. The summed E-state index contributed by atoms with van der Waals surface area (Å²) in [7, 11) is 0. The average molecular weight is 237 g/mol. The van der Waals surface area contributed by atoms with Gasteiger partial charge in [0.05, 0.1) is 10.7 Å². The molecule has 84 valence electrons. The summed E-state index contributed by atoms with van der Waals surface area (Å²) in [6.45, 7) is 0.556. The van der Waals surface area contributed by atoms with Crippen LogP contribution < -0.4 is 10.6 Å². The molecule has 0 aromatic heterocycles. The average Bonchev–Trinajstić information content (AvgIpc) is 2.28. The fourth-order valence-corrected chi connectivity index (χ4v) is 1.30. The Kier molecular flexibility index (Phi) is 5.24. The molecule has 3 nitrogen and oxygen atoms in total. The molecule has 0 fully saturated rings. The number of rotatable bonds is 4. The molecule has 2 amide bonds. The predicted octanol–water partition coefficient (Wildman–Crippen LogP) is 2.87. The van der Waals surface area contributed by atoms with E-state index < -0.39 is 0 Å². The van der Waals surface area contributed by atoms with E-state index >= 15 is 0 Å². The number of urea groups is 1. The van der Waals surface area contributed by atoms with Crippen LogP contribution in [0.2, 0.25) is 5.02 Å². The lowest BCUT2D eigenvalue weighted by atomic mass is 10.3. The van der Waals surface area contributed by atoms with Crippen LogP contribution in [-0.4, -0.2) is 12.6 Å². The van der Waals surface area contributed by atoms with Crippen molar-refractivity contribution in [1.29, 1.82) is 0 Å². The molecule has 1 aromatic rings. The summed E-state index contributed by atoms with van der Waals surface area (Å²) in [6.07, 6.45) is 6.52. The normalized spacial score (nSPS) is 9.25. The Morgan fingerprint density at radius 1 is 1.44 bits per heavy atom. The highest BCUT2D eigenvalue weighted by Crippen LogP contribution is 2.19. The molecule has 2 N–H and O–H groups in total. The molecule has 0 bridgehead atoms. The first-order chi connectivity index (χ1) is 7.74. The Labute approximate surface area is 100 Å². The van der Waals surface area contributed by atoms with Gasteiger partial charge in [0, 0.05) is 13.0 Å². The molecule has 0 aliphatic heterocycles. The maximum atomic E-state index is 11.4. The molecule has 0 atom stereocenters. The number of amides is 2. The van der Waals surface area contributed by atoms with Crippen LogP contribution >= 0.6 is 11.6 Å². The van der Waals surface area contributed by atoms with Gasteiger partial charge >= 0.3 is 6.03 Å². The third-order valence-corrected chi connectivity index (χ3v) is 2.24. The SMILES string of the molecule is C#CCCCNC(=O)Nc1ccccc1Cl. The fourth-order valence-electron chi connectivity index (χ4n) is 1.12. The lowest BCUT2D eigenvalue weighted by Gasteiger charge is -2.07. The van der Waals surface area contributed by atoms with Crippen molar-refractivity contribution in [1.82, 2.24) is 5.32 Å². The maximum Gasteiger partial charge on any atom is 0.319 e. The van der Waals surface area contributed by atoms with Crippen LogP contribution in [0.4, 0.5) is 10.5 Å². The zero-order valence-corrected chi connectivity index (χ0v) is 9.55. The van der Waals surface area contributed by atoms with E-state index in [1.165, 1.54) is 0 Å². The molecule has 0 aliphatic carbocycles. The second kappa shape index (κ2) is 6.76. The predicted molar refractivity (Wildman–Crippen MR) is 66.5 cm³/mol. The third kappa shape index (κ3) is 4.24. The van der Waals surface area contributed by atoms with E-state index in [1.54, 1.807) is 24.3 Å². The van der Waals surface area contributed by atoms with Crippen molar-refractivity contribution in [3.8, 4) is 12.3 Å². The minimum atomic E-state index is -0.273. The van der Waals surface area contributed by atoms with E-state index in [0.29, 0.717) is 23.7 Å². The van der Waals surface area contributed by atoms with Crippen molar-refractivity contribution in [3.05, 3.63) is 29.3 Å². The first-order valence-corrected chi connectivity index (χ1v) is 5.34. The quantitative estimate of drug-likeness (QED) is 0.613. The molecule has 0 aliphatic rings. The van der Waals surface area contributed by atoms with E-state index in [4.69, 9.17) is 18.0 Å². The first-order valence-electron chi connectivity index (χ1n) is 4.97. The molecule has 4 heteroatoms. The monoisotopic (exact) mass is 236 g/mol. The topological polar surface area (TPSA) is 41.1 Å². The van der Waals surface area contributed by atoms with E-state index in [2.05, 4.69) is 16.6 Å². The molecular weight excluding hydrogens is 224 g/mol. The molecule has 0 heterocycles. The van der Waals surface area contributed by atoms with E-state index in [1.807, 2.05) is 0 Å². The van der Waals surface area contributed by atoms with Crippen molar-refractivity contribution in [3.63, 3.8) is 0 Å². The number of terminal acetylenes is 1. The molecule has 1 aromatic carbocycles. The molecular formula is C12H13ClN2O. The van der Waals surface area contributed by atoms with Crippen LogP contribution in [0.5, 0.6) is 0 Å². The van der Waals surface area contributed by atoms with Crippen molar-refractivity contribution >= 4 is 23.3 Å². The molecule has 0 radical (unpaired) electrons. The molecule has 0 unspecified atom stereocenters. The number of carbonyl (C=O) groups excluding carboxylic acids is 1. The van der Waals surface area contributed by atoms with Gasteiger partial charge in [-0.05, 0) is 18.6 Å². The Morgan fingerprint density at radius 2 is 2.19 bits per heavy atom. The number of benzene rings is 1. The second-order valence-electron chi connectivity index (χ2n) is 3.17. The number of unbranched alkanes of at least 4 members (excludes halogenated alkanes) is 1. The minimum Gasteiger partial charge on any atom is -0.338 e. The number of nitrogens with one attached hydrogen (secondary N) is 2. The van der Waals surface area contributed by atoms with Gasteiger partial charge in [-0.3, -0.25) is 0 Å². The summed E-state index contributed by atoms with van der Waals surface area (Å²) in [5, 5.41) is 5.86. The number of carbonyl (C=O) groups is 1. The van der Waals surface area contributed by atoms with Crippen molar-refractivity contribution in [2.75, 3.05) is 11.9 Å². The summed E-state index contributed by atoms with van der Waals surface area (Å²) in [4.78, 5) is 11.4. The summed E-state index contributed by atoms with van der Waals surface area (Å²) in [5.74, 6) is 2.51. The van der Waals surface area contributed by atoms with Gasteiger partial charge in [0.25, 0.3) is 0 Å². The number of para-hydroxylation sites is 1. The van der Waals surface area contributed by atoms with Crippen molar-refractivity contribution in [2.45, 2.75) is 12.8 Å². The Morgan fingerprint density at radius 3 is 2.88 bits per heavy atom. The van der Waals surface area contributed by atoms with Gasteiger partial charge in [-0.1, -0.05) is 23.7 Å². The Hall–Kier alpha value is -1.66. The fraction of sp³-hybridized carbons (Fsp3) is 0.250. The number of halogens is 1. The highest BCUT2D eigenvalue weighted by Gasteiger charge is 2.03. The molecule has 0 spiro atoms. The molecule has 1 rings (SSSR count). The number of hydrogen-bond donors (Lipinski definition) is 2. The van der Waals surface area contributed by atoms with E-state index in [0.717, 1.165) is 6.42 Å². The molecule has 0 saturated carbocycles. The smallest absolute Gasteiger partial charge is 0.319 e. The van der Waals surface area contributed by atoms with Gasteiger partial charge in [0.2, 0.25) is 0 Å². The highest BCUT2D eigenvalue weighted by atomic mass is 35.5. The van der Waals surface area contributed by atoms with Gasteiger partial charge in [-0.2, -0.15) is 0 Å². The Balaban J connectivity index is 2.35. The molecule has 16 heavy (non-hydrogen) atoms. The zero-order valence-electron chi connectivity index (χ0n) is 8.79. The second-order valence-corrected chi connectivity index (χ2v) is 3.58. The zero-order chi connectivity index (χ0) is 11.8. The summed E-state index contributed by atoms with van der Waals surface area (Å²) in [5.41, 5.74) is 0.596. The standard InChI is InChI=1S/C12H13ClN2O/c1-2-3-6-9-14-12(16)15-11-8-5-4-7-10(11)13/h1,4-5,7-8H,3,6,9H2,(H2,14,15,16). The summed E-state index contributed by atoms with van der Waals surface area (Å²) in [6, 6.07) is 6.79. The van der Waals surface area contributed by atoms with Crippen LogP contribution in [-0.2, 0) is 0 Å². The summed E-state index contributed by atoms with van der Waals surface area (Å²) < 4.78 is 0. The van der Waals surface area contributed by atoms with E-state index in [-0.39, 0.29) is 6.03 Å². The van der Waals surface area contributed by atoms with Gasteiger partial charge in [-0.25, -0.2) is 4.79 Å². The lowest BCUT2D eigenvalue weighted by molar-refractivity contribution is 0.252. The van der Waals surface area contributed by atoms with Crippen molar-refractivity contribution < 1.29 is 4.79 Å². The first kappa shape index (κ1) is 12.4. The van der Waals surface area contributed by atoms with Gasteiger partial charge < -0.3 is 10.6 Å². The van der Waals surface area contributed by atoms with Crippen LogP contribution in [0, 0.1) is 12.3 Å². The third-order valence-electron chi connectivity index (χ3n) is 1.91. The maximum absolute atomic E-state index is 11.4. The van der Waals surface area contributed by atoms with Gasteiger partial charge in [-0.15, -0.1) is 12.3 Å². The molecule has 0 saturated heterocycles. The largest absolute Gasteiger partial charge is 0.338 e. The van der Waals surface area contributed by atoms with Crippen molar-refractivity contribution in [2.24, 2.45) is 0 Å². The van der Waals surface area contributed by atoms with Gasteiger partial charge in [0.1, 0.15) is 0 Å². The van der Waals surface area contributed by atoms with Crippen LogP contribution in [0.1, 0.15) is 12.8 Å². The highest BCUT2D eigenvalue weighted by molar-refractivity contribution is 6.33.